The van der Waals surface area contributed by atoms with Gasteiger partial charge < -0.3 is 10.0 Å². The van der Waals surface area contributed by atoms with Crippen LogP contribution in [0.2, 0.25) is 0 Å². The van der Waals surface area contributed by atoms with Crippen LogP contribution in [-0.4, -0.2) is 60.9 Å². The van der Waals surface area contributed by atoms with Gasteiger partial charge in [-0.15, -0.1) is 0 Å². The second kappa shape index (κ2) is 7.18. The summed E-state index contributed by atoms with van der Waals surface area (Å²) in [4.78, 5) is 7.97. The fourth-order valence-corrected chi connectivity index (χ4v) is 2.29. The van der Waals surface area contributed by atoms with Gasteiger partial charge in [-0.05, 0) is 12.1 Å². The van der Waals surface area contributed by atoms with Gasteiger partial charge in [0, 0.05) is 38.8 Å². The van der Waals surface area contributed by atoms with Gasteiger partial charge in [-0.3, -0.25) is 15.6 Å². The number of benzene rings is 1. The van der Waals surface area contributed by atoms with E-state index in [1.807, 2.05) is 4.90 Å². The molecule has 0 aliphatic carbocycles. The number of piperazine rings is 1. The second-order valence-electron chi connectivity index (χ2n) is 4.58. The van der Waals surface area contributed by atoms with Gasteiger partial charge in [0.05, 0.1) is 18.0 Å². The van der Waals surface area contributed by atoms with E-state index in [1.54, 1.807) is 17.6 Å². The summed E-state index contributed by atoms with van der Waals surface area (Å²) in [5.41, 5.74) is 2.78. The van der Waals surface area contributed by atoms with Gasteiger partial charge in [-0.1, -0.05) is 0 Å². The van der Waals surface area contributed by atoms with Gasteiger partial charge in [0.1, 0.15) is 12.2 Å². The molecule has 0 saturated carbocycles. The Balaban J connectivity index is 2.01. The number of halogens is 1. The van der Waals surface area contributed by atoms with Crippen LogP contribution in [-0.2, 0) is 0 Å². The van der Waals surface area contributed by atoms with Crippen molar-refractivity contribution in [2.75, 3.05) is 44.2 Å². The molecule has 0 atom stereocenters. The van der Waals surface area contributed by atoms with Crippen LogP contribution in [0.1, 0.15) is 0 Å². The number of aliphatic imine (C=N–C) groups is 1. The van der Waals surface area contributed by atoms with E-state index in [-0.39, 0.29) is 12.4 Å². The Bertz CT molecular complexity index is 462. The Morgan fingerprint density at radius 1 is 1.30 bits per heavy atom. The number of hydroxylamine groups is 1. The third kappa shape index (κ3) is 3.66. The Kier molecular flexibility index (Phi) is 5.28. The summed E-state index contributed by atoms with van der Waals surface area (Å²) in [5, 5.41) is 17.3. The molecule has 0 spiro atoms. The first-order valence-electron chi connectivity index (χ1n) is 6.54. The minimum Gasteiger partial charge on any atom is -0.395 e. The highest BCUT2D eigenvalue weighted by molar-refractivity contribution is 5.62. The van der Waals surface area contributed by atoms with Crippen LogP contribution >= 0.6 is 0 Å². The number of anilines is 1. The van der Waals surface area contributed by atoms with Gasteiger partial charge in [-0.25, -0.2) is 9.38 Å². The van der Waals surface area contributed by atoms with Crippen LogP contribution in [0.3, 0.4) is 0 Å². The SMILES string of the molecule is OCCN1CCN(c2ccc(N=CNO)cc2F)CC1. The molecule has 1 aliphatic rings. The first-order valence-corrected chi connectivity index (χ1v) is 6.54. The van der Waals surface area contributed by atoms with Gasteiger partial charge in [0.2, 0.25) is 0 Å². The maximum absolute atomic E-state index is 14.1. The first kappa shape index (κ1) is 14.7. The molecule has 0 unspecified atom stereocenters. The topological polar surface area (TPSA) is 71.3 Å². The monoisotopic (exact) mass is 282 g/mol. The number of β-amino-alcohol motifs (C(OH)–C–C–N with tert-alkyl or cyclic N) is 1. The van der Waals surface area contributed by atoms with E-state index in [2.05, 4.69) is 9.89 Å². The van der Waals surface area contributed by atoms with E-state index >= 15 is 0 Å². The molecule has 1 aromatic carbocycles. The Morgan fingerprint density at radius 2 is 2.05 bits per heavy atom. The number of aliphatic hydroxyl groups excluding tert-OH is 1. The molecule has 110 valence electrons. The summed E-state index contributed by atoms with van der Waals surface area (Å²) in [5.74, 6) is -0.326. The molecule has 1 heterocycles. The van der Waals surface area contributed by atoms with Crippen molar-refractivity contribution in [1.29, 1.82) is 0 Å². The molecule has 1 fully saturated rings. The van der Waals surface area contributed by atoms with Crippen LogP contribution < -0.4 is 10.4 Å². The minimum atomic E-state index is -0.326. The van der Waals surface area contributed by atoms with Crippen LogP contribution in [0.25, 0.3) is 0 Å². The van der Waals surface area contributed by atoms with Crippen molar-refractivity contribution in [3.63, 3.8) is 0 Å². The lowest BCUT2D eigenvalue weighted by Crippen LogP contribution is -2.47. The number of nitrogens with zero attached hydrogens (tertiary/aromatic N) is 3. The number of nitrogens with one attached hydrogen (secondary N) is 1. The lowest BCUT2D eigenvalue weighted by molar-refractivity contribution is 0.188. The molecule has 0 amide bonds. The van der Waals surface area contributed by atoms with E-state index in [1.165, 1.54) is 6.07 Å². The Labute approximate surface area is 117 Å². The summed E-state index contributed by atoms with van der Waals surface area (Å²) in [6, 6.07) is 4.73. The summed E-state index contributed by atoms with van der Waals surface area (Å²) in [6.07, 6.45) is 1.09. The highest BCUT2D eigenvalue weighted by Crippen LogP contribution is 2.25. The van der Waals surface area contributed by atoms with Crippen molar-refractivity contribution in [2.45, 2.75) is 0 Å². The largest absolute Gasteiger partial charge is 0.395 e. The highest BCUT2D eigenvalue weighted by Gasteiger charge is 2.19. The van der Waals surface area contributed by atoms with E-state index < -0.39 is 0 Å². The number of hydrogen-bond donors (Lipinski definition) is 3. The fraction of sp³-hybridized carbons (Fsp3) is 0.462. The Hall–Kier alpha value is -1.70. The zero-order chi connectivity index (χ0) is 14.4. The summed E-state index contributed by atoms with van der Waals surface area (Å²) >= 11 is 0. The van der Waals surface area contributed by atoms with E-state index in [0.29, 0.717) is 17.9 Å². The summed E-state index contributed by atoms with van der Waals surface area (Å²) in [7, 11) is 0. The number of hydrogen-bond acceptors (Lipinski definition) is 5. The molecule has 0 aromatic heterocycles. The predicted molar refractivity (Wildman–Crippen MR) is 75.2 cm³/mol. The summed E-state index contributed by atoms with van der Waals surface area (Å²) < 4.78 is 14.1. The third-order valence-electron chi connectivity index (χ3n) is 3.33. The van der Waals surface area contributed by atoms with Gasteiger partial charge in [0.25, 0.3) is 0 Å². The average Bonchev–Trinajstić information content (AvgIpc) is 2.47. The predicted octanol–water partition coefficient (Wildman–Crippen LogP) is 0.579. The maximum Gasteiger partial charge on any atom is 0.148 e. The maximum atomic E-state index is 14.1. The molecule has 3 N–H and O–H groups in total. The van der Waals surface area contributed by atoms with Crippen LogP contribution in [0.5, 0.6) is 0 Å². The molecule has 1 aliphatic heterocycles. The van der Waals surface area contributed by atoms with E-state index in [9.17, 15) is 4.39 Å². The molecular weight excluding hydrogens is 263 g/mol. The van der Waals surface area contributed by atoms with Crippen LogP contribution in [0.4, 0.5) is 15.8 Å². The molecule has 20 heavy (non-hydrogen) atoms. The van der Waals surface area contributed by atoms with Crippen molar-refractivity contribution in [2.24, 2.45) is 4.99 Å². The lowest BCUT2D eigenvalue weighted by atomic mass is 10.2. The molecule has 6 nitrogen and oxygen atoms in total. The molecule has 1 aromatic rings. The normalized spacial score (nSPS) is 16.9. The standard InChI is InChI=1S/C13H19FN4O2/c14-12-9-11(15-10-16-20)1-2-13(12)18-5-3-17(4-6-18)7-8-19/h1-2,9-10,19-20H,3-8H2,(H,15,16). The summed E-state index contributed by atoms with van der Waals surface area (Å²) in [6.45, 7) is 3.91. The Morgan fingerprint density at radius 3 is 2.65 bits per heavy atom. The van der Waals surface area contributed by atoms with Gasteiger partial charge >= 0.3 is 0 Å². The average molecular weight is 282 g/mol. The minimum absolute atomic E-state index is 0.153. The molecule has 1 saturated heterocycles. The highest BCUT2D eigenvalue weighted by atomic mass is 19.1. The molecule has 0 bridgehead atoms. The first-order chi connectivity index (χ1) is 9.74. The second-order valence-corrected chi connectivity index (χ2v) is 4.58. The van der Waals surface area contributed by atoms with Gasteiger partial charge in [0.15, 0.2) is 0 Å². The number of aliphatic hydroxyl groups is 1. The van der Waals surface area contributed by atoms with E-state index in [0.717, 1.165) is 32.5 Å². The quantitative estimate of drug-likeness (QED) is 0.418. The zero-order valence-electron chi connectivity index (χ0n) is 11.2. The fourth-order valence-electron chi connectivity index (χ4n) is 2.29. The smallest absolute Gasteiger partial charge is 0.148 e. The van der Waals surface area contributed by atoms with Gasteiger partial charge in [-0.2, -0.15) is 0 Å². The molecule has 2 rings (SSSR count). The van der Waals surface area contributed by atoms with Crippen molar-refractivity contribution in [1.82, 2.24) is 10.4 Å². The van der Waals surface area contributed by atoms with Crippen molar-refractivity contribution >= 4 is 17.7 Å². The molecule has 0 radical (unpaired) electrons. The van der Waals surface area contributed by atoms with Crippen LogP contribution in [0, 0.1) is 5.82 Å². The van der Waals surface area contributed by atoms with Crippen molar-refractivity contribution in [3.8, 4) is 0 Å². The lowest BCUT2D eigenvalue weighted by Gasteiger charge is -2.35. The van der Waals surface area contributed by atoms with E-state index in [4.69, 9.17) is 10.3 Å². The zero-order valence-corrected chi connectivity index (χ0v) is 11.2. The van der Waals surface area contributed by atoms with Crippen molar-refractivity contribution < 1.29 is 14.7 Å². The van der Waals surface area contributed by atoms with Crippen LogP contribution in [0.15, 0.2) is 23.2 Å². The molecular formula is C13H19FN4O2. The number of rotatable bonds is 5. The van der Waals surface area contributed by atoms with Crippen molar-refractivity contribution in [3.05, 3.63) is 24.0 Å². The third-order valence-corrected chi connectivity index (χ3v) is 3.33. The molecule has 7 heteroatoms.